The van der Waals surface area contributed by atoms with Crippen molar-refractivity contribution in [1.29, 1.82) is 0 Å². The fourth-order valence-electron chi connectivity index (χ4n) is 1.53. The first-order valence-electron chi connectivity index (χ1n) is 4.93. The zero-order valence-electron chi connectivity index (χ0n) is 8.86. The van der Waals surface area contributed by atoms with Crippen LogP contribution in [0.15, 0.2) is 30.5 Å². The number of nitrogens with one attached hydrogen (secondary N) is 1. The van der Waals surface area contributed by atoms with E-state index in [2.05, 4.69) is 17.1 Å². The number of hydrogen-bond donors (Lipinski definition) is 2. The first-order valence-corrected chi connectivity index (χ1v) is 4.93. The van der Waals surface area contributed by atoms with Crippen molar-refractivity contribution in [2.24, 2.45) is 0 Å². The maximum absolute atomic E-state index is 10.0. The van der Waals surface area contributed by atoms with Crippen LogP contribution < -0.4 is 0 Å². The highest BCUT2D eigenvalue weighted by atomic mass is 16.3. The van der Waals surface area contributed by atoms with E-state index in [0.29, 0.717) is 0 Å². The minimum Gasteiger partial charge on any atom is -0.382 e. The standard InChI is InChI=1S/C12H14N2O/c1-8-3-4-10(7-9(8)2)12(15)11-5-6-13-14-11/h3-7,12,15H,1-2H3,(H,13,14). The minimum atomic E-state index is -0.619. The van der Waals surface area contributed by atoms with E-state index in [4.69, 9.17) is 0 Å². The fourth-order valence-corrected chi connectivity index (χ4v) is 1.53. The molecule has 0 aliphatic heterocycles. The highest BCUT2D eigenvalue weighted by Gasteiger charge is 2.11. The van der Waals surface area contributed by atoms with E-state index in [9.17, 15) is 5.11 Å². The largest absolute Gasteiger partial charge is 0.382 e. The Morgan fingerprint density at radius 2 is 2.00 bits per heavy atom. The third-order valence-electron chi connectivity index (χ3n) is 2.66. The Morgan fingerprint density at radius 3 is 2.60 bits per heavy atom. The Kier molecular flexibility index (Phi) is 2.56. The normalized spacial score (nSPS) is 12.7. The Hall–Kier alpha value is -1.61. The molecule has 0 saturated heterocycles. The molecule has 0 radical (unpaired) electrons. The molecule has 1 heterocycles. The molecule has 0 aliphatic rings. The van der Waals surface area contributed by atoms with E-state index in [1.807, 2.05) is 25.1 Å². The number of aliphatic hydroxyl groups is 1. The van der Waals surface area contributed by atoms with Crippen LogP contribution in [-0.4, -0.2) is 15.3 Å². The van der Waals surface area contributed by atoms with Gasteiger partial charge in [0.05, 0.1) is 5.69 Å². The van der Waals surface area contributed by atoms with Crippen LogP contribution in [0.4, 0.5) is 0 Å². The van der Waals surface area contributed by atoms with Gasteiger partial charge in [-0.2, -0.15) is 5.10 Å². The number of aromatic nitrogens is 2. The SMILES string of the molecule is Cc1ccc(C(O)c2ccn[nH]2)cc1C. The summed E-state index contributed by atoms with van der Waals surface area (Å²) in [5.74, 6) is 0. The van der Waals surface area contributed by atoms with Crippen LogP contribution in [0, 0.1) is 13.8 Å². The quantitative estimate of drug-likeness (QED) is 0.783. The molecule has 0 bridgehead atoms. The van der Waals surface area contributed by atoms with Gasteiger partial charge >= 0.3 is 0 Å². The van der Waals surface area contributed by atoms with E-state index in [1.165, 1.54) is 11.1 Å². The van der Waals surface area contributed by atoms with Gasteiger partial charge in [0, 0.05) is 6.20 Å². The fraction of sp³-hybridized carbons (Fsp3) is 0.250. The molecular formula is C12H14N2O. The maximum Gasteiger partial charge on any atom is 0.120 e. The molecule has 0 spiro atoms. The lowest BCUT2D eigenvalue weighted by atomic mass is 10.0. The lowest BCUT2D eigenvalue weighted by molar-refractivity contribution is 0.215. The van der Waals surface area contributed by atoms with Crippen LogP contribution in [0.5, 0.6) is 0 Å². The topological polar surface area (TPSA) is 48.9 Å². The third kappa shape index (κ3) is 1.92. The van der Waals surface area contributed by atoms with Crippen molar-refractivity contribution >= 4 is 0 Å². The number of nitrogens with zero attached hydrogens (tertiary/aromatic N) is 1. The summed E-state index contributed by atoms with van der Waals surface area (Å²) in [5.41, 5.74) is 4.03. The van der Waals surface area contributed by atoms with Crippen molar-refractivity contribution in [1.82, 2.24) is 10.2 Å². The average Bonchev–Trinajstić information content (AvgIpc) is 2.74. The van der Waals surface area contributed by atoms with Gasteiger partial charge in [0.15, 0.2) is 0 Å². The second-order valence-electron chi connectivity index (χ2n) is 3.76. The summed E-state index contributed by atoms with van der Waals surface area (Å²) < 4.78 is 0. The molecule has 1 unspecified atom stereocenters. The molecule has 1 aromatic heterocycles. The highest BCUT2D eigenvalue weighted by Crippen LogP contribution is 2.21. The summed E-state index contributed by atoms with van der Waals surface area (Å²) in [7, 11) is 0. The van der Waals surface area contributed by atoms with E-state index >= 15 is 0 Å². The molecule has 15 heavy (non-hydrogen) atoms. The Labute approximate surface area is 88.8 Å². The summed E-state index contributed by atoms with van der Waals surface area (Å²) in [6.07, 6.45) is 1.02. The molecule has 3 nitrogen and oxygen atoms in total. The van der Waals surface area contributed by atoms with Crippen molar-refractivity contribution in [3.05, 3.63) is 52.8 Å². The number of H-pyrrole nitrogens is 1. The molecule has 0 aliphatic carbocycles. The summed E-state index contributed by atoms with van der Waals surface area (Å²) in [6, 6.07) is 7.73. The Bertz CT molecular complexity index is 449. The number of benzene rings is 1. The zero-order valence-corrected chi connectivity index (χ0v) is 8.86. The minimum absolute atomic E-state index is 0.619. The van der Waals surface area contributed by atoms with Gasteiger partial charge in [0.2, 0.25) is 0 Å². The smallest absolute Gasteiger partial charge is 0.120 e. The van der Waals surface area contributed by atoms with Gasteiger partial charge in [-0.3, -0.25) is 5.10 Å². The second kappa shape index (κ2) is 3.87. The van der Waals surface area contributed by atoms with Crippen LogP contribution >= 0.6 is 0 Å². The van der Waals surface area contributed by atoms with Crippen LogP contribution in [0.3, 0.4) is 0 Å². The van der Waals surface area contributed by atoms with Crippen molar-refractivity contribution in [2.75, 3.05) is 0 Å². The summed E-state index contributed by atoms with van der Waals surface area (Å²) >= 11 is 0. The molecule has 1 atom stereocenters. The van der Waals surface area contributed by atoms with Gasteiger partial charge < -0.3 is 5.11 Å². The van der Waals surface area contributed by atoms with E-state index in [0.717, 1.165) is 11.3 Å². The number of aromatic amines is 1. The number of aliphatic hydroxyl groups excluding tert-OH is 1. The molecule has 0 fully saturated rings. The van der Waals surface area contributed by atoms with E-state index in [-0.39, 0.29) is 0 Å². The maximum atomic E-state index is 10.0. The molecule has 2 N–H and O–H groups in total. The molecule has 1 aromatic carbocycles. The number of aryl methyl sites for hydroxylation is 2. The first-order chi connectivity index (χ1) is 7.18. The van der Waals surface area contributed by atoms with Gasteiger partial charge in [-0.1, -0.05) is 18.2 Å². The van der Waals surface area contributed by atoms with Gasteiger partial charge in [0.25, 0.3) is 0 Å². The summed E-state index contributed by atoms with van der Waals surface area (Å²) in [5, 5.41) is 16.6. The number of hydrogen-bond acceptors (Lipinski definition) is 2. The monoisotopic (exact) mass is 202 g/mol. The number of rotatable bonds is 2. The Morgan fingerprint density at radius 1 is 1.20 bits per heavy atom. The summed E-state index contributed by atoms with van der Waals surface area (Å²) in [6.45, 7) is 4.10. The van der Waals surface area contributed by atoms with Crippen LogP contribution in [0.1, 0.15) is 28.5 Å². The first kappa shape index (κ1) is 9.93. The van der Waals surface area contributed by atoms with E-state index < -0.39 is 6.10 Å². The predicted molar refractivity (Wildman–Crippen MR) is 58.6 cm³/mol. The molecule has 78 valence electrons. The van der Waals surface area contributed by atoms with Gasteiger partial charge in [-0.25, -0.2) is 0 Å². The second-order valence-corrected chi connectivity index (χ2v) is 3.76. The zero-order chi connectivity index (χ0) is 10.8. The van der Waals surface area contributed by atoms with Crippen molar-refractivity contribution in [2.45, 2.75) is 20.0 Å². The predicted octanol–water partition coefficient (Wildman–Crippen LogP) is 2.11. The molecule has 0 saturated carbocycles. The van der Waals surface area contributed by atoms with Crippen LogP contribution in [-0.2, 0) is 0 Å². The summed E-state index contributed by atoms with van der Waals surface area (Å²) in [4.78, 5) is 0. The lowest BCUT2D eigenvalue weighted by Gasteiger charge is -2.10. The van der Waals surface area contributed by atoms with Crippen molar-refractivity contribution < 1.29 is 5.11 Å². The molecule has 3 heteroatoms. The molecule has 2 aromatic rings. The van der Waals surface area contributed by atoms with Crippen molar-refractivity contribution in [3.63, 3.8) is 0 Å². The van der Waals surface area contributed by atoms with Crippen LogP contribution in [0.25, 0.3) is 0 Å². The van der Waals surface area contributed by atoms with Crippen LogP contribution in [0.2, 0.25) is 0 Å². The average molecular weight is 202 g/mol. The Balaban J connectivity index is 2.34. The highest BCUT2D eigenvalue weighted by molar-refractivity contribution is 5.33. The van der Waals surface area contributed by atoms with Gasteiger partial charge in [-0.05, 0) is 36.6 Å². The third-order valence-corrected chi connectivity index (χ3v) is 2.66. The molecule has 2 rings (SSSR count). The molecular weight excluding hydrogens is 188 g/mol. The van der Waals surface area contributed by atoms with Gasteiger partial charge in [0.1, 0.15) is 6.10 Å². The molecule has 0 amide bonds. The van der Waals surface area contributed by atoms with Gasteiger partial charge in [-0.15, -0.1) is 0 Å². The van der Waals surface area contributed by atoms with E-state index in [1.54, 1.807) is 12.3 Å². The van der Waals surface area contributed by atoms with Crippen molar-refractivity contribution in [3.8, 4) is 0 Å². The lowest BCUT2D eigenvalue weighted by Crippen LogP contribution is -2.01.